The molecule has 0 aromatic heterocycles. The van der Waals surface area contributed by atoms with E-state index in [1.807, 2.05) is 42.5 Å². The van der Waals surface area contributed by atoms with Gasteiger partial charge in [-0.05, 0) is 28.8 Å². The molecule has 1 N–H and O–H groups in total. The molecule has 1 saturated heterocycles. The first-order valence-corrected chi connectivity index (χ1v) is 7.88. The van der Waals surface area contributed by atoms with E-state index in [-0.39, 0.29) is 5.91 Å². The minimum Gasteiger partial charge on any atom is -0.303 e. The number of amidine groups is 1. The number of carbonyl (C=O) groups is 1. The van der Waals surface area contributed by atoms with Crippen molar-refractivity contribution >= 4 is 29.1 Å². The van der Waals surface area contributed by atoms with Crippen molar-refractivity contribution in [1.29, 1.82) is 5.26 Å². The summed E-state index contributed by atoms with van der Waals surface area (Å²) in [7, 11) is 0. The molecule has 2 aromatic carbocycles. The normalized spacial score (nSPS) is 15.8. The largest absolute Gasteiger partial charge is 0.303 e. The van der Waals surface area contributed by atoms with Crippen LogP contribution in [0.2, 0.25) is 0 Å². The van der Waals surface area contributed by atoms with Crippen LogP contribution >= 0.6 is 11.8 Å². The fraction of sp³-hybridized carbons (Fsp3) is 0.0588. The molecule has 1 aliphatic heterocycles. The molecule has 1 fully saturated rings. The second kappa shape index (κ2) is 6.90. The summed E-state index contributed by atoms with van der Waals surface area (Å²) in [4.78, 5) is 11.1. The van der Waals surface area contributed by atoms with Gasteiger partial charge in [-0.2, -0.15) is 10.4 Å². The van der Waals surface area contributed by atoms with E-state index in [2.05, 4.69) is 21.6 Å². The summed E-state index contributed by atoms with van der Waals surface area (Å²) < 4.78 is 0. The van der Waals surface area contributed by atoms with Crippen LogP contribution in [-0.2, 0) is 4.79 Å². The zero-order valence-electron chi connectivity index (χ0n) is 12.1. The van der Waals surface area contributed by atoms with Crippen LogP contribution in [0.3, 0.4) is 0 Å². The van der Waals surface area contributed by atoms with Crippen molar-refractivity contribution in [2.75, 3.05) is 5.75 Å². The Kier molecular flexibility index (Phi) is 4.50. The van der Waals surface area contributed by atoms with Gasteiger partial charge in [-0.25, -0.2) is 0 Å². The SMILES string of the molecule is N#Cc1ccccc1-c1cccc(C=NN=C2NC(=O)CS2)c1. The Balaban J connectivity index is 1.83. The number of rotatable bonds is 3. The van der Waals surface area contributed by atoms with Gasteiger partial charge in [-0.1, -0.05) is 48.2 Å². The van der Waals surface area contributed by atoms with Gasteiger partial charge in [0.2, 0.25) is 5.91 Å². The Bertz CT molecular complexity index is 852. The molecule has 0 bridgehead atoms. The Labute approximate surface area is 137 Å². The molecule has 0 radical (unpaired) electrons. The highest BCUT2D eigenvalue weighted by Crippen LogP contribution is 2.23. The van der Waals surface area contributed by atoms with Gasteiger partial charge in [0.15, 0.2) is 5.17 Å². The van der Waals surface area contributed by atoms with Crippen LogP contribution in [0.25, 0.3) is 11.1 Å². The third kappa shape index (κ3) is 3.65. The standard InChI is InChI=1S/C17H12N4OS/c18-9-14-5-1-2-7-15(14)13-6-3-4-12(8-13)10-19-21-17-20-16(22)11-23-17/h1-8,10H,11H2,(H,20,21,22). The molecule has 5 nitrogen and oxygen atoms in total. The highest BCUT2D eigenvalue weighted by atomic mass is 32.2. The lowest BCUT2D eigenvalue weighted by molar-refractivity contribution is -0.116. The summed E-state index contributed by atoms with van der Waals surface area (Å²) >= 11 is 1.33. The van der Waals surface area contributed by atoms with Gasteiger partial charge in [0.25, 0.3) is 0 Å². The van der Waals surface area contributed by atoms with Crippen molar-refractivity contribution in [3.05, 3.63) is 59.7 Å². The number of nitriles is 1. The summed E-state index contributed by atoms with van der Waals surface area (Å²) in [6, 6.07) is 17.4. The molecule has 112 valence electrons. The molecule has 0 unspecified atom stereocenters. The van der Waals surface area contributed by atoms with Crippen molar-refractivity contribution in [3.63, 3.8) is 0 Å². The van der Waals surface area contributed by atoms with Gasteiger partial charge in [0.05, 0.1) is 23.6 Å². The van der Waals surface area contributed by atoms with Gasteiger partial charge < -0.3 is 5.32 Å². The van der Waals surface area contributed by atoms with E-state index < -0.39 is 0 Å². The van der Waals surface area contributed by atoms with Crippen molar-refractivity contribution in [3.8, 4) is 17.2 Å². The summed E-state index contributed by atoms with van der Waals surface area (Å²) in [5, 5.41) is 20.3. The predicted octanol–water partition coefficient (Wildman–Crippen LogP) is 2.78. The molecule has 1 heterocycles. The number of hydrogen-bond donors (Lipinski definition) is 1. The summed E-state index contributed by atoms with van der Waals surface area (Å²) in [6.45, 7) is 0. The minimum atomic E-state index is -0.0564. The quantitative estimate of drug-likeness (QED) is 0.698. The minimum absolute atomic E-state index is 0.0564. The first-order chi connectivity index (χ1) is 11.3. The van der Waals surface area contributed by atoms with E-state index in [1.165, 1.54) is 11.8 Å². The average Bonchev–Trinajstić information content (AvgIpc) is 3.00. The van der Waals surface area contributed by atoms with Crippen LogP contribution in [0.1, 0.15) is 11.1 Å². The molecule has 1 aliphatic rings. The fourth-order valence-electron chi connectivity index (χ4n) is 2.15. The first kappa shape index (κ1) is 15.0. The molecule has 6 heteroatoms. The monoisotopic (exact) mass is 320 g/mol. The average molecular weight is 320 g/mol. The number of benzene rings is 2. The topological polar surface area (TPSA) is 77.6 Å². The van der Waals surface area contributed by atoms with Crippen LogP contribution in [0.15, 0.2) is 58.7 Å². The van der Waals surface area contributed by atoms with Crippen molar-refractivity contribution in [2.24, 2.45) is 10.2 Å². The lowest BCUT2D eigenvalue weighted by Crippen LogP contribution is -2.19. The molecule has 0 spiro atoms. The Morgan fingerprint density at radius 3 is 2.87 bits per heavy atom. The van der Waals surface area contributed by atoms with Crippen LogP contribution < -0.4 is 5.32 Å². The molecular weight excluding hydrogens is 308 g/mol. The zero-order chi connectivity index (χ0) is 16.1. The van der Waals surface area contributed by atoms with Gasteiger partial charge in [-0.3, -0.25) is 4.79 Å². The molecule has 0 atom stereocenters. The van der Waals surface area contributed by atoms with Gasteiger partial charge in [0, 0.05) is 0 Å². The van der Waals surface area contributed by atoms with E-state index in [0.29, 0.717) is 16.5 Å². The second-order valence-electron chi connectivity index (χ2n) is 4.77. The van der Waals surface area contributed by atoms with E-state index >= 15 is 0 Å². The summed E-state index contributed by atoms with van der Waals surface area (Å²) in [5.41, 5.74) is 3.33. The van der Waals surface area contributed by atoms with Gasteiger partial charge in [-0.15, -0.1) is 5.10 Å². The van der Waals surface area contributed by atoms with Gasteiger partial charge in [0.1, 0.15) is 0 Å². The number of carbonyl (C=O) groups excluding carboxylic acids is 1. The maximum Gasteiger partial charge on any atom is 0.236 e. The zero-order valence-corrected chi connectivity index (χ0v) is 12.9. The third-order valence-electron chi connectivity index (χ3n) is 3.19. The smallest absolute Gasteiger partial charge is 0.236 e. The number of hydrogen-bond acceptors (Lipinski definition) is 5. The summed E-state index contributed by atoms with van der Waals surface area (Å²) in [5.74, 6) is 0.327. The van der Waals surface area contributed by atoms with Crippen LogP contribution in [0.4, 0.5) is 0 Å². The highest BCUT2D eigenvalue weighted by Gasteiger charge is 2.15. The number of thioether (sulfide) groups is 1. The summed E-state index contributed by atoms with van der Waals surface area (Å²) in [6.07, 6.45) is 1.62. The van der Waals surface area contributed by atoms with Crippen LogP contribution in [0, 0.1) is 11.3 Å². The molecule has 23 heavy (non-hydrogen) atoms. The van der Waals surface area contributed by atoms with E-state index in [9.17, 15) is 10.1 Å². The Morgan fingerprint density at radius 1 is 1.22 bits per heavy atom. The number of nitrogens with one attached hydrogen (secondary N) is 1. The Hall–Kier alpha value is -2.91. The van der Waals surface area contributed by atoms with Crippen molar-refractivity contribution < 1.29 is 4.79 Å². The molecule has 2 aromatic rings. The maximum absolute atomic E-state index is 11.1. The first-order valence-electron chi connectivity index (χ1n) is 6.89. The van der Waals surface area contributed by atoms with E-state index in [4.69, 9.17) is 0 Å². The highest BCUT2D eigenvalue weighted by molar-refractivity contribution is 8.15. The number of nitrogens with zero attached hydrogens (tertiary/aromatic N) is 3. The number of amides is 1. The van der Waals surface area contributed by atoms with Crippen LogP contribution in [0.5, 0.6) is 0 Å². The van der Waals surface area contributed by atoms with Crippen LogP contribution in [-0.4, -0.2) is 23.0 Å². The van der Waals surface area contributed by atoms with E-state index in [0.717, 1.165) is 16.7 Å². The lowest BCUT2D eigenvalue weighted by atomic mass is 9.99. The van der Waals surface area contributed by atoms with E-state index in [1.54, 1.807) is 12.3 Å². The molecule has 0 aliphatic carbocycles. The van der Waals surface area contributed by atoms with Gasteiger partial charge >= 0.3 is 0 Å². The third-order valence-corrected chi connectivity index (χ3v) is 4.05. The maximum atomic E-state index is 11.1. The van der Waals surface area contributed by atoms with Crippen molar-refractivity contribution in [1.82, 2.24) is 5.32 Å². The lowest BCUT2D eigenvalue weighted by Gasteiger charge is -2.04. The molecule has 3 rings (SSSR count). The fourth-order valence-corrected chi connectivity index (χ4v) is 2.78. The molecule has 0 saturated carbocycles. The second-order valence-corrected chi connectivity index (χ2v) is 5.73. The van der Waals surface area contributed by atoms with Crippen molar-refractivity contribution in [2.45, 2.75) is 0 Å². The molecule has 1 amide bonds. The predicted molar refractivity (Wildman–Crippen MR) is 92.2 cm³/mol. The molecular formula is C17H12N4OS. The Morgan fingerprint density at radius 2 is 2.09 bits per heavy atom.